The minimum atomic E-state index is -0.627. The third-order valence-electron chi connectivity index (χ3n) is 4.16. The van der Waals surface area contributed by atoms with Crippen molar-refractivity contribution in [1.29, 1.82) is 0 Å². The lowest BCUT2D eigenvalue weighted by Gasteiger charge is -2.08. The summed E-state index contributed by atoms with van der Waals surface area (Å²) < 4.78 is 24.5. The van der Waals surface area contributed by atoms with Gasteiger partial charge >= 0.3 is 5.97 Å². The van der Waals surface area contributed by atoms with E-state index in [2.05, 4.69) is 4.99 Å². The Balaban J connectivity index is 1.85. The topological polar surface area (TPSA) is 47.9 Å². The van der Waals surface area contributed by atoms with Gasteiger partial charge in [0.1, 0.15) is 11.6 Å². The van der Waals surface area contributed by atoms with Crippen molar-refractivity contribution in [2.45, 2.75) is 0 Å². The average Bonchev–Trinajstić information content (AvgIpc) is 3.02. The Morgan fingerprint density at radius 2 is 1.81 bits per heavy atom. The first kappa shape index (κ1) is 16.0. The highest BCUT2D eigenvalue weighted by Gasteiger charge is 2.26. The number of carbonyl (C=O) groups excluding carboxylic acids is 1. The van der Waals surface area contributed by atoms with Crippen LogP contribution in [0.2, 0.25) is 0 Å². The van der Waals surface area contributed by atoms with Crippen molar-refractivity contribution in [3.05, 3.63) is 83.3 Å². The first-order valence-corrected chi connectivity index (χ1v) is 8.00. The van der Waals surface area contributed by atoms with Crippen LogP contribution in [-0.4, -0.2) is 19.0 Å². The molecular weight excluding hydrogens is 333 g/mol. The number of ether oxygens (including phenoxy) is 2. The molecule has 0 saturated carbocycles. The number of rotatable bonds is 3. The number of cyclic esters (lactones) is 1. The van der Waals surface area contributed by atoms with E-state index in [1.54, 1.807) is 25.3 Å². The van der Waals surface area contributed by atoms with Gasteiger partial charge in [-0.25, -0.2) is 14.2 Å². The molecule has 3 aromatic rings. The fourth-order valence-corrected chi connectivity index (χ4v) is 2.90. The van der Waals surface area contributed by atoms with Gasteiger partial charge in [-0.1, -0.05) is 42.5 Å². The van der Waals surface area contributed by atoms with E-state index in [1.807, 2.05) is 36.4 Å². The molecule has 0 atom stereocenters. The quantitative estimate of drug-likeness (QED) is 0.523. The molecule has 0 N–H and O–H groups in total. The van der Waals surface area contributed by atoms with E-state index in [0.717, 1.165) is 16.3 Å². The predicted octanol–water partition coefficient (Wildman–Crippen LogP) is 4.33. The SMILES string of the molecule is COc1ccc2ccccc2c1/C=C1/N=C(c2ccccc2F)OC1=O. The highest BCUT2D eigenvalue weighted by Crippen LogP contribution is 2.31. The normalized spacial score (nSPS) is 15.2. The maximum Gasteiger partial charge on any atom is 0.363 e. The first-order chi connectivity index (χ1) is 12.7. The molecule has 0 bridgehead atoms. The van der Waals surface area contributed by atoms with Crippen LogP contribution in [0.5, 0.6) is 5.75 Å². The van der Waals surface area contributed by atoms with E-state index in [9.17, 15) is 9.18 Å². The van der Waals surface area contributed by atoms with E-state index in [0.29, 0.717) is 5.75 Å². The van der Waals surface area contributed by atoms with Gasteiger partial charge < -0.3 is 9.47 Å². The number of fused-ring (bicyclic) bond motifs is 1. The van der Waals surface area contributed by atoms with Crippen LogP contribution >= 0.6 is 0 Å². The van der Waals surface area contributed by atoms with Gasteiger partial charge in [-0.2, -0.15) is 0 Å². The standard InChI is InChI=1S/C21H14FNO3/c1-25-19-11-10-13-6-2-3-7-14(13)16(19)12-18-21(24)26-20(23-18)15-8-4-5-9-17(15)22/h2-12H,1H3/b18-12+. The molecule has 5 heteroatoms. The summed E-state index contributed by atoms with van der Waals surface area (Å²) in [6.07, 6.45) is 1.61. The molecule has 0 spiro atoms. The predicted molar refractivity (Wildman–Crippen MR) is 97.5 cm³/mol. The highest BCUT2D eigenvalue weighted by molar-refractivity contribution is 6.13. The van der Waals surface area contributed by atoms with E-state index in [-0.39, 0.29) is 17.2 Å². The lowest BCUT2D eigenvalue weighted by atomic mass is 10.0. The van der Waals surface area contributed by atoms with Crippen LogP contribution in [0.25, 0.3) is 16.8 Å². The summed E-state index contributed by atoms with van der Waals surface area (Å²) >= 11 is 0. The monoisotopic (exact) mass is 347 g/mol. The molecule has 4 nitrogen and oxygen atoms in total. The van der Waals surface area contributed by atoms with Crippen LogP contribution in [0.4, 0.5) is 4.39 Å². The van der Waals surface area contributed by atoms with E-state index < -0.39 is 11.8 Å². The van der Waals surface area contributed by atoms with Crippen molar-refractivity contribution in [3.63, 3.8) is 0 Å². The second-order valence-electron chi connectivity index (χ2n) is 5.72. The Morgan fingerprint density at radius 3 is 2.62 bits per heavy atom. The molecule has 0 aromatic heterocycles. The molecule has 1 aliphatic heterocycles. The van der Waals surface area contributed by atoms with Crippen LogP contribution in [0, 0.1) is 5.82 Å². The molecule has 128 valence electrons. The third-order valence-corrected chi connectivity index (χ3v) is 4.16. The van der Waals surface area contributed by atoms with E-state index >= 15 is 0 Å². The molecule has 0 amide bonds. The lowest BCUT2D eigenvalue weighted by Crippen LogP contribution is -2.07. The molecule has 0 saturated heterocycles. The van der Waals surface area contributed by atoms with Gasteiger partial charge in [0.2, 0.25) is 5.90 Å². The van der Waals surface area contributed by atoms with Gasteiger partial charge in [0.25, 0.3) is 0 Å². The lowest BCUT2D eigenvalue weighted by molar-refractivity contribution is -0.129. The summed E-state index contributed by atoms with van der Waals surface area (Å²) in [7, 11) is 1.56. The van der Waals surface area contributed by atoms with Gasteiger partial charge in [0.05, 0.1) is 12.7 Å². The fraction of sp³-hybridized carbons (Fsp3) is 0.0476. The van der Waals surface area contributed by atoms with Crippen molar-refractivity contribution in [1.82, 2.24) is 0 Å². The van der Waals surface area contributed by atoms with Crippen LogP contribution in [0.3, 0.4) is 0 Å². The Labute approximate surface area is 149 Å². The molecule has 0 unspecified atom stereocenters. The Bertz CT molecular complexity index is 1090. The van der Waals surface area contributed by atoms with Crippen molar-refractivity contribution in [2.75, 3.05) is 7.11 Å². The summed E-state index contributed by atoms with van der Waals surface area (Å²) in [5.74, 6) is -0.557. The zero-order valence-electron chi connectivity index (χ0n) is 13.9. The number of esters is 1. The van der Waals surface area contributed by atoms with Gasteiger partial charge in [-0.3, -0.25) is 0 Å². The van der Waals surface area contributed by atoms with E-state index in [1.165, 1.54) is 12.1 Å². The van der Waals surface area contributed by atoms with Crippen LogP contribution in [0.1, 0.15) is 11.1 Å². The third kappa shape index (κ3) is 2.73. The van der Waals surface area contributed by atoms with Crippen LogP contribution in [0.15, 0.2) is 71.4 Å². The van der Waals surface area contributed by atoms with Crippen molar-refractivity contribution in [3.8, 4) is 5.75 Å². The molecular formula is C21H14FNO3. The van der Waals surface area contributed by atoms with Crippen LogP contribution in [-0.2, 0) is 9.53 Å². The Kier molecular flexibility index (Phi) is 3.97. The molecule has 3 aromatic carbocycles. The minimum Gasteiger partial charge on any atom is -0.496 e. The summed E-state index contributed by atoms with van der Waals surface area (Å²) in [6, 6.07) is 17.6. The summed E-state index contributed by atoms with van der Waals surface area (Å²) in [6.45, 7) is 0. The van der Waals surface area contributed by atoms with Crippen molar-refractivity contribution in [2.24, 2.45) is 4.99 Å². The number of hydrogen-bond acceptors (Lipinski definition) is 4. The number of benzene rings is 3. The maximum atomic E-state index is 13.9. The fourth-order valence-electron chi connectivity index (χ4n) is 2.90. The van der Waals surface area contributed by atoms with Gasteiger partial charge in [-0.15, -0.1) is 0 Å². The number of carbonyl (C=O) groups is 1. The van der Waals surface area contributed by atoms with Crippen molar-refractivity contribution < 1.29 is 18.7 Å². The highest BCUT2D eigenvalue weighted by atomic mass is 19.1. The summed E-state index contributed by atoms with van der Waals surface area (Å²) in [4.78, 5) is 16.4. The Morgan fingerprint density at radius 1 is 1.04 bits per heavy atom. The number of methoxy groups -OCH3 is 1. The average molecular weight is 347 g/mol. The zero-order chi connectivity index (χ0) is 18.1. The maximum absolute atomic E-state index is 13.9. The molecule has 0 fully saturated rings. The number of aliphatic imine (C=N–C) groups is 1. The number of halogens is 1. The Hall–Kier alpha value is -3.47. The van der Waals surface area contributed by atoms with Gasteiger partial charge in [-0.05, 0) is 35.0 Å². The largest absolute Gasteiger partial charge is 0.496 e. The minimum absolute atomic E-state index is 0.0430. The first-order valence-electron chi connectivity index (χ1n) is 8.00. The number of hydrogen-bond donors (Lipinski definition) is 0. The molecule has 1 aliphatic rings. The second kappa shape index (κ2) is 6.44. The smallest absolute Gasteiger partial charge is 0.363 e. The second-order valence-corrected chi connectivity index (χ2v) is 5.72. The zero-order valence-corrected chi connectivity index (χ0v) is 13.9. The van der Waals surface area contributed by atoms with Crippen LogP contribution < -0.4 is 4.74 Å². The molecule has 1 heterocycles. The molecule has 0 aliphatic carbocycles. The molecule has 4 rings (SSSR count). The summed E-state index contributed by atoms with van der Waals surface area (Å²) in [5, 5.41) is 1.92. The number of nitrogens with zero attached hydrogens (tertiary/aromatic N) is 1. The van der Waals surface area contributed by atoms with Crippen molar-refractivity contribution >= 4 is 28.7 Å². The summed E-state index contributed by atoms with van der Waals surface area (Å²) in [5.41, 5.74) is 0.961. The molecule has 0 radical (unpaired) electrons. The van der Waals surface area contributed by atoms with Gasteiger partial charge in [0, 0.05) is 5.56 Å². The molecule has 26 heavy (non-hydrogen) atoms. The van der Waals surface area contributed by atoms with Gasteiger partial charge in [0.15, 0.2) is 5.70 Å². The van der Waals surface area contributed by atoms with E-state index in [4.69, 9.17) is 9.47 Å².